The number of nitrogens with zero attached hydrogens (tertiary/aromatic N) is 5. The van der Waals surface area contributed by atoms with Crippen molar-refractivity contribution in [3.8, 4) is 5.75 Å². The molecule has 0 bridgehead atoms. The number of aromatic nitrogens is 2. The van der Waals surface area contributed by atoms with Crippen LogP contribution in [0, 0.1) is 0 Å². The summed E-state index contributed by atoms with van der Waals surface area (Å²) in [5.41, 5.74) is 2.78. The molecule has 5 rings (SSSR count). The van der Waals surface area contributed by atoms with Crippen molar-refractivity contribution in [3.63, 3.8) is 0 Å². The number of piperazine rings is 1. The maximum Gasteiger partial charge on any atom is 0.227 e. The lowest BCUT2D eigenvalue weighted by atomic mass is 10.1. The van der Waals surface area contributed by atoms with Crippen LogP contribution in [0.3, 0.4) is 0 Å². The first-order chi connectivity index (χ1) is 14.3. The minimum absolute atomic E-state index is 0.773. The van der Waals surface area contributed by atoms with E-state index in [1.165, 1.54) is 11.1 Å². The Labute approximate surface area is 172 Å². The number of rotatable bonds is 5. The van der Waals surface area contributed by atoms with Gasteiger partial charge in [-0.1, -0.05) is 12.1 Å². The molecule has 0 saturated carbocycles. The largest absolute Gasteiger partial charge is 0.493 e. The SMILES string of the molecule is c1cc(N2CCOCC2)nc(N2CCN(CCc3ccc4c(c3)CCO4)CC2)n1. The van der Waals surface area contributed by atoms with Gasteiger partial charge < -0.3 is 19.3 Å². The van der Waals surface area contributed by atoms with Crippen LogP contribution in [-0.4, -0.2) is 80.5 Å². The van der Waals surface area contributed by atoms with Gasteiger partial charge in [-0.15, -0.1) is 0 Å². The lowest BCUT2D eigenvalue weighted by molar-refractivity contribution is 0.122. The zero-order valence-electron chi connectivity index (χ0n) is 16.9. The first kappa shape index (κ1) is 18.6. The molecule has 0 atom stereocenters. The van der Waals surface area contributed by atoms with E-state index in [0.29, 0.717) is 0 Å². The van der Waals surface area contributed by atoms with Gasteiger partial charge in [0.2, 0.25) is 5.95 Å². The molecule has 1 aromatic heterocycles. The molecule has 4 heterocycles. The highest BCUT2D eigenvalue weighted by atomic mass is 16.5. The van der Waals surface area contributed by atoms with Crippen molar-refractivity contribution in [1.29, 1.82) is 0 Å². The van der Waals surface area contributed by atoms with E-state index in [2.05, 4.69) is 37.9 Å². The first-order valence-corrected chi connectivity index (χ1v) is 10.7. The van der Waals surface area contributed by atoms with Crippen LogP contribution in [0.2, 0.25) is 0 Å². The molecule has 1 aromatic carbocycles. The monoisotopic (exact) mass is 395 g/mol. The predicted molar refractivity (Wildman–Crippen MR) is 113 cm³/mol. The molecule has 3 aliphatic rings. The molecule has 154 valence electrons. The standard InChI is InChI=1S/C22H29N5O2/c1-2-20-19(5-14-29-20)17-18(1)4-7-25-8-10-27(11-9-25)22-23-6-3-21(24-22)26-12-15-28-16-13-26/h1-3,6,17H,4-5,7-16H2. The summed E-state index contributed by atoms with van der Waals surface area (Å²) in [6.07, 6.45) is 4.03. The average molecular weight is 396 g/mol. The normalized spacial score (nSPS) is 19.9. The summed E-state index contributed by atoms with van der Waals surface area (Å²) in [7, 11) is 0. The Balaban J connectivity index is 1.14. The second-order valence-corrected chi connectivity index (χ2v) is 7.93. The fourth-order valence-corrected chi connectivity index (χ4v) is 4.31. The second-order valence-electron chi connectivity index (χ2n) is 7.93. The molecule has 0 N–H and O–H groups in total. The van der Waals surface area contributed by atoms with Gasteiger partial charge in [-0.3, -0.25) is 4.90 Å². The van der Waals surface area contributed by atoms with Crippen molar-refractivity contribution in [1.82, 2.24) is 14.9 Å². The van der Waals surface area contributed by atoms with Crippen molar-refractivity contribution in [2.24, 2.45) is 0 Å². The number of fused-ring (bicyclic) bond motifs is 1. The molecule has 0 radical (unpaired) electrons. The fourth-order valence-electron chi connectivity index (χ4n) is 4.31. The Kier molecular flexibility index (Phi) is 5.49. The Bertz CT molecular complexity index is 832. The number of ether oxygens (including phenoxy) is 2. The van der Waals surface area contributed by atoms with Crippen LogP contribution in [0.25, 0.3) is 0 Å². The van der Waals surface area contributed by atoms with Crippen LogP contribution in [0.4, 0.5) is 11.8 Å². The van der Waals surface area contributed by atoms with Gasteiger partial charge in [-0.2, -0.15) is 4.98 Å². The van der Waals surface area contributed by atoms with Crippen molar-refractivity contribution >= 4 is 11.8 Å². The van der Waals surface area contributed by atoms with Crippen LogP contribution in [-0.2, 0) is 17.6 Å². The highest BCUT2D eigenvalue weighted by molar-refractivity contribution is 5.44. The van der Waals surface area contributed by atoms with Crippen molar-refractivity contribution < 1.29 is 9.47 Å². The van der Waals surface area contributed by atoms with Crippen molar-refractivity contribution in [3.05, 3.63) is 41.6 Å². The van der Waals surface area contributed by atoms with Crippen LogP contribution < -0.4 is 14.5 Å². The van der Waals surface area contributed by atoms with Crippen molar-refractivity contribution in [2.75, 3.05) is 75.4 Å². The molecule has 3 aliphatic heterocycles. The molecule has 0 amide bonds. The molecule has 29 heavy (non-hydrogen) atoms. The summed E-state index contributed by atoms with van der Waals surface area (Å²) in [4.78, 5) is 16.5. The molecule has 7 nitrogen and oxygen atoms in total. The number of hydrogen-bond donors (Lipinski definition) is 0. The van der Waals surface area contributed by atoms with Crippen LogP contribution in [0.5, 0.6) is 5.75 Å². The molecular formula is C22H29N5O2. The highest BCUT2D eigenvalue weighted by Gasteiger charge is 2.21. The molecule has 2 fully saturated rings. The lowest BCUT2D eigenvalue weighted by Gasteiger charge is -2.35. The third kappa shape index (κ3) is 4.31. The minimum atomic E-state index is 0.773. The van der Waals surface area contributed by atoms with Crippen LogP contribution in [0.15, 0.2) is 30.5 Å². The topological polar surface area (TPSA) is 54.0 Å². The first-order valence-electron chi connectivity index (χ1n) is 10.7. The smallest absolute Gasteiger partial charge is 0.227 e. The lowest BCUT2D eigenvalue weighted by Crippen LogP contribution is -2.47. The van der Waals surface area contributed by atoms with E-state index in [1.807, 2.05) is 12.3 Å². The van der Waals surface area contributed by atoms with E-state index in [9.17, 15) is 0 Å². The Morgan fingerprint density at radius 2 is 1.76 bits per heavy atom. The van der Waals surface area contributed by atoms with E-state index in [0.717, 1.165) is 96.0 Å². The minimum Gasteiger partial charge on any atom is -0.493 e. The molecule has 2 saturated heterocycles. The zero-order valence-corrected chi connectivity index (χ0v) is 16.9. The molecular weight excluding hydrogens is 366 g/mol. The fraction of sp³-hybridized carbons (Fsp3) is 0.545. The van der Waals surface area contributed by atoms with Gasteiger partial charge in [-0.25, -0.2) is 4.98 Å². The molecule has 0 spiro atoms. The van der Waals surface area contributed by atoms with Gasteiger partial charge >= 0.3 is 0 Å². The summed E-state index contributed by atoms with van der Waals surface area (Å²) < 4.78 is 11.1. The highest BCUT2D eigenvalue weighted by Crippen LogP contribution is 2.26. The Hall–Kier alpha value is -2.38. The van der Waals surface area contributed by atoms with Crippen LogP contribution >= 0.6 is 0 Å². The third-order valence-corrected chi connectivity index (χ3v) is 6.09. The van der Waals surface area contributed by atoms with Gasteiger partial charge in [0.1, 0.15) is 11.6 Å². The van der Waals surface area contributed by atoms with Gasteiger partial charge in [0.05, 0.1) is 19.8 Å². The van der Waals surface area contributed by atoms with Crippen LogP contribution in [0.1, 0.15) is 11.1 Å². The maximum atomic E-state index is 5.61. The average Bonchev–Trinajstić information content (AvgIpc) is 3.27. The molecule has 0 unspecified atom stereocenters. The Morgan fingerprint density at radius 3 is 2.62 bits per heavy atom. The second kappa shape index (κ2) is 8.55. The predicted octanol–water partition coefficient (Wildman–Crippen LogP) is 1.61. The van der Waals surface area contributed by atoms with Gasteiger partial charge in [0.25, 0.3) is 0 Å². The summed E-state index contributed by atoms with van der Waals surface area (Å²) in [6.45, 7) is 9.34. The summed E-state index contributed by atoms with van der Waals surface area (Å²) in [5.74, 6) is 2.94. The van der Waals surface area contributed by atoms with E-state index in [-0.39, 0.29) is 0 Å². The van der Waals surface area contributed by atoms with E-state index < -0.39 is 0 Å². The molecule has 0 aliphatic carbocycles. The number of morpholine rings is 1. The van der Waals surface area contributed by atoms with Crippen molar-refractivity contribution in [2.45, 2.75) is 12.8 Å². The maximum absolute atomic E-state index is 5.61. The third-order valence-electron chi connectivity index (χ3n) is 6.09. The zero-order chi connectivity index (χ0) is 19.5. The van der Waals surface area contributed by atoms with Gasteiger partial charge in [0.15, 0.2) is 0 Å². The summed E-state index contributed by atoms with van der Waals surface area (Å²) >= 11 is 0. The van der Waals surface area contributed by atoms with E-state index in [4.69, 9.17) is 14.5 Å². The summed E-state index contributed by atoms with van der Waals surface area (Å²) in [5, 5.41) is 0. The summed E-state index contributed by atoms with van der Waals surface area (Å²) in [6, 6.07) is 8.68. The van der Waals surface area contributed by atoms with Gasteiger partial charge in [-0.05, 0) is 29.7 Å². The molecule has 2 aromatic rings. The van der Waals surface area contributed by atoms with Gasteiger partial charge in [0, 0.05) is 58.4 Å². The van der Waals surface area contributed by atoms with E-state index in [1.54, 1.807) is 0 Å². The Morgan fingerprint density at radius 1 is 0.897 bits per heavy atom. The number of anilines is 2. The number of benzene rings is 1. The number of hydrogen-bond acceptors (Lipinski definition) is 7. The molecule has 7 heteroatoms. The quantitative estimate of drug-likeness (QED) is 0.762. The van der Waals surface area contributed by atoms with E-state index >= 15 is 0 Å².